The van der Waals surface area contributed by atoms with E-state index in [1.807, 2.05) is 4.90 Å². The summed E-state index contributed by atoms with van der Waals surface area (Å²) in [5.74, 6) is 3.52. The third-order valence-corrected chi connectivity index (χ3v) is 27.5. The lowest BCUT2D eigenvalue weighted by Gasteiger charge is -2.58. The highest BCUT2D eigenvalue weighted by atomic mass is 33.1. The van der Waals surface area contributed by atoms with E-state index >= 15 is 0 Å². The number of nitrogens with zero attached hydrogens (tertiary/aromatic N) is 2. The molecular formula is C64H84N4O6S2. The Labute approximate surface area is 459 Å². The number of phenolic OH excluding ortho intramolecular Hbond substituents is 1. The summed E-state index contributed by atoms with van der Waals surface area (Å²) in [6.45, 7) is 2.96. The third-order valence-electron chi connectivity index (χ3n) is 23.9. The molecule has 10 nitrogen and oxygen atoms in total. The number of benzene rings is 2. The van der Waals surface area contributed by atoms with Gasteiger partial charge in [-0.2, -0.15) is 0 Å². The number of esters is 1. The number of carbonyl (C=O) groups excluding carboxylic acids is 2. The summed E-state index contributed by atoms with van der Waals surface area (Å²) < 4.78 is 13.8. The fourth-order valence-corrected chi connectivity index (χ4v) is 24.6. The minimum atomic E-state index is -0.815. The second-order valence-corrected chi connectivity index (χ2v) is 29.8. The maximum Gasteiger partial charge on any atom is 0.303 e. The zero-order valence-electron chi connectivity index (χ0n) is 45.2. The molecule has 0 unspecified atom stereocenters. The number of phenols is 1. The van der Waals surface area contributed by atoms with E-state index in [4.69, 9.17) is 20.2 Å². The molecule has 5 N–H and O–H groups in total. The lowest BCUT2D eigenvalue weighted by molar-refractivity contribution is -0.172. The van der Waals surface area contributed by atoms with E-state index in [1.165, 1.54) is 83.1 Å². The van der Waals surface area contributed by atoms with Crippen LogP contribution in [0.5, 0.6) is 11.5 Å². The Morgan fingerprint density at radius 3 is 2.49 bits per heavy atom. The third kappa shape index (κ3) is 7.96. The van der Waals surface area contributed by atoms with Crippen LogP contribution in [0, 0.1) is 51.8 Å². The zero-order valence-corrected chi connectivity index (χ0v) is 46.8. The van der Waals surface area contributed by atoms with E-state index in [-0.39, 0.29) is 69.0 Å². The minimum Gasteiger partial charge on any atom is -0.504 e. The molecule has 0 aromatic heterocycles. The molecule has 1 saturated heterocycles. The van der Waals surface area contributed by atoms with Crippen molar-refractivity contribution in [2.45, 2.75) is 213 Å². The topological polar surface area (TPSA) is 147 Å². The van der Waals surface area contributed by atoms with Gasteiger partial charge in [0.1, 0.15) is 16.1 Å². The molecule has 14 atom stereocenters. The molecule has 5 spiro atoms. The number of ether oxygens (including phenoxy) is 2. The van der Waals surface area contributed by atoms with E-state index in [9.17, 15) is 19.8 Å². The molecule has 7 heterocycles. The van der Waals surface area contributed by atoms with Gasteiger partial charge in [-0.3, -0.25) is 14.6 Å². The van der Waals surface area contributed by atoms with Crippen molar-refractivity contribution in [2.24, 2.45) is 62.5 Å². The number of rotatable bonds is 2. The number of amides is 1. The first kappa shape index (κ1) is 50.6. The van der Waals surface area contributed by atoms with Crippen molar-refractivity contribution in [3.63, 3.8) is 0 Å². The molecule has 12 bridgehead atoms. The predicted molar refractivity (Wildman–Crippen MR) is 302 cm³/mol. The average molecular weight is 1070 g/mol. The maximum absolute atomic E-state index is 14.9. The summed E-state index contributed by atoms with van der Waals surface area (Å²) in [4.78, 5) is 35.4. The smallest absolute Gasteiger partial charge is 0.303 e. The number of nitrogens with one attached hydrogen (secondary N) is 1. The summed E-state index contributed by atoms with van der Waals surface area (Å²) in [6.07, 6.45) is 34.9. The van der Waals surface area contributed by atoms with Gasteiger partial charge >= 0.3 is 5.97 Å². The minimum absolute atomic E-state index is 0.0884. The van der Waals surface area contributed by atoms with E-state index in [0.29, 0.717) is 85.0 Å². The molecule has 408 valence electrons. The number of aryl methyl sites for hydroxylation is 1. The SMILES string of the molecule is CC(=O)O[C@@]12CCc3cc(c(O)c4c3[C@H]3C=C[C@@]5(CCC[C@H]5C3)O4)CN3C[C@]4(CC3=O)[C@H](CC[C@H]4c3ccccc3)CN=C(N)N[C@]3(CCCC34CCCC4)SS[C@H]3C=C[C@H]4[C@@H](CC[C@@H]3C43CCCC3)[C@@H](CC1)[C@H](O)C2. The van der Waals surface area contributed by atoms with E-state index in [1.54, 1.807) is 0 Å². The van der Waals surface area contributed by atoms with Crippen LogP contribution in [0.2, 0.25) is 0 Å². The first-order chi connectivity index (χ1) is 36.9. The Kier molecular flexibility index (Phi) is 12.7. The van der Waals surface area contributed by atoms with Crippen LogP contribution in [0.4, 0.5) is 0 Å². The Hall–Kier alpha value is -3.61. The first-order valence-electron chi connectivity index (χ1n) is 30.4. The van der Waals surface area contributed by atoms with Crippen molar-refractivity contribution < 1.29 is 29.3 Å². The molecule has 76 heavy (non-hydrogen) atoms. The van der Waals surface area contributed by atoms with Crippen molar-refractivity contribution in [1.82, 2.24) is 10.2 Å². The summed E-state index contributed by atoms with van der Waals surface area (Å²) >= 11 is 0. The van der Waals surface area contributed by atoms with Crippen molar-refractivity contribution in [3.05, 3.63) is 83.0 Å². The summed E-state index contributed by atoms with van der Waals surface area (Å²) in [7, 11) is 4.25. The number of guanidine groups is 1. The van der Waals surface area contributed by atoms with Gasteiger partial charge in [-0.15, -0.1) is 0 Å². The van der Waals surface area contributed by atoms with E-state index in [2.05, 4.69) is 87.6 Å². The van der Waals surface area contributed by atoms with Crippen LogP contribution in [0.15, 0.2) is 65.7 Å². The Morgan fingerprint density at radius 2 is 1.67 bits per heavy atom. The quantitative estimate of drug-likeness (QED) is 0.130. The van der Waals surface area contributed by atoms with Gasteiger partial charge in [0.2, 0.25) is 5.91 Å². The summed E-state index contributed by atoms with van der Waals surface area (Å²) in [6, 6.07) is 13.0. The maximum atomic E-state index is 14.9. The van der Waals surface area contributed by atoms with Crippen molar-refractivity contribution in [2.75, 3.05) is 13.1 Å². The largest absolute Gasteiger partial charge is 0.504 e. The van der Waals surface area contributed by atoms with E-state index in [0.717, 1.165) is 75.3 Å². The second-order valence-electron chi connectivity index (χ2n) is 27.1. The van der Waals surface area contributed by atoms with Gasteiger partial charge in [0.25, 0.3) is 0 Å². The van der Waals surface area contributed by atoms with Crippen molar-refractivity contribution in [3.8, 4) is 11.5 Å². The number of aliphatic hydroxyl groups is 1. The highest BCUT2D eigenvalue weighted by Crippen LogP contribution is 2.69. The molecule has 8 fully saturated rings. The molecule has 18 rings (SSSR count). The highest BCUT2D eigenvalue weighted by Gasteiger charge is 2.62. The van der Waals surface area contributed by atoms with Gasteiger partial charge in [-0.05, 0) is 186 Å². The van der Waals surface area contributed by atoms with Crippen LogP contribution in [0.1, 0.15) is 195 Å². The van der Waals surface area contributed by atoms with Crippen LogP contribution in [0.25, 0.3) is 0 Å². The molecule has 16 aliphatic rings. The zero-order chi connectivity index (χ0) is 51.7. The number of allylic oxidation sites excluding steroid dienone is 2. The number of hydrogen-bond donors (Lipinski definition) is 4. The fraction of sp³-hybridized carbons (Fsp3) is 0.703. The molecule has 7 aliphatic heterocycles. The van der Waals surface area contributed by atoms with E-state index < -0.39 is 17.3 Å². The Balaban J connectivity index is 0.870. The molecule has 7 saturated carbocycles. The Morgan fingerprint density at radius 1 is 0.855 bits per heavy atom. The highest BCUT2D eigenvalue weighted by molar-refractivity contribution is 8.77. The molecule has 0 radical (unpaired) electrons. The second kappa shape index (κ2) is 19.0. The van der Waals surface area contributed by atoms with Crippen molar-refractivity contribution in [1.29, 1.82) is 0 Å². The van der Waals surface area contributed by atoms with Gasteiger partial charge in [-0.25, -0.2) is 0 Å². The average Bonchev–Trinajstić information content (AvgIpc) is 4.36. The van der Waals surface area contributed by atoms with Gasteiger partial charge in [-0.1, -0.05) is 95.8 Å². The number of nitrogens with two attached hydrogens (primary N) is 1. The lowest BCUT2D eigenvalue weighted by atomic mass is 9.49. The number of aromatic hydroxyl groups is 1. The predicted octanol–water partition coefficient (Wildman–Crippen LogP) is 12.6. The van der Waals surface area contributed by atoms with Crippen LogP contribution in [-0.2, 0) is 27.3 Å². The molecule has 2 aromatic rings. The summed E-state index contributed by atoms with van der Waals surface area (Å²) in [5.41, 5.74) is 10.2. The molecule has 2 aromatic carbocycles. The Bertz CT molecular complexity index is 2700. The lowest BCUT2D eigenvalue weighted by Crippen LogP contribution is -2.56. The number of aliphatic hydroxyl groups excluding tert-OH is 1. The van der Waals surface area contributed by atoms with Crippen LogP contribution >= 0.6 is 21.6 Å². The van der Waals surface area contributed by atoms with Crippen LogP contribution < -0.4 is 15.8 Å². The molecule has 1 amide bonds. The van der Waals surface area contributed by atoms with Gasteiger partial charge in [0, 0.05) is 78.4 Å². The van der Waals surface area contributed by atoms with Crippen LogP contribution in [-0.4, -0.2) is 73.5 Å². The molecule has 9 aliphatic carbocycles. The first-order valence-corrected chi connectivity index (χ1v) is 32.6. The molecule has 12 heteroatoms. The van der Waals surface area contributed by atoms with Gasteiger partial charge in [0.15, 0.2) is 17.5 Å². The van der Waals surface area contributed by atoms with Gasteiger partial charge < -0.3 is 35.6 Å². The van der Waals surface area contributed by atoms with Gasteiger partial charge in [0.05, 0.1) is 6.10 Å². The normalized spacial score (nSPS) is 41.8. The van der Waals surface area contributed by atoms with Crippen LogP contribution in [0.3, 0.4) is 0 Å². The number of fused-ring (bicyclic) bond motifs is 2. The number of hydrogen-bond acceptors (Lipinski definition) is 11. The number of carbonyl (C=O) groups is 2. The fourth-order valence-electron chi connectivity index (χ4n) is 20.5. The summed E-state index contributed by atoms with van der Waals surface area (Å²) in [5, 5.41) is 29.9. The number of aliphatic imine (C=N–C) groups is 1. The standard InChI is InChI=1S/C64H84N4O6S2/c1-40(69)73-60-30-20-42-33-44(56(72)57-55(42)43-21-32-63(74-57)28-9-13-45(63)34-43)38-68-39-62(36-54(68)71)46(14-16-49(62)41-11-3-2-4-12-41)37-66-58(65)67-64(29-10-25-59(64)23-5-6-24-59)76-75-53-19-18-50-47(48(22-31-60)52(70)35-60)15-17-51(53)61(50)26-7-8-27-61/h2-4,11-12,18-19,21,32-33,43,45-53,70,72H,5-10,13-17,20,22-31,34-39H2,1H3,(H3,65,66,67)/t43-,45-,46+,47-,48+,49-,50-,51-,52+,53-,60-,62+,63+,64+/m0/s1. The van der Waals surface area contributed by atoms with Crippen molar-refractivity contribution >= 4 is 39.4 Å². The molecular weight excluding hydrogens is 985 g/mol. The monoisotopic (exact) mass is 1070 g/mol.